The highest BCUT2D eigenvalue weighted by Gasteiger charge is 2.41. The van der Waals surface area contributed by atoms with E-state index >= 15 is 0 Å². The number of alkyl halides is 3. The lowest BCUT2D eigenvalue weighted by molar-refractivity contribution is -0.138. The summed E-state index contributed by atoms with van der Waals surface area (Å²) in [4.78, 5) is 34.6. The van der Waals surface area contributed by atoms with Crippen molar-refractivity contribution in [1.29, 1.82) is 5.26 Å². The lowest BCUT2D eigenvalue weighted by Gasteiger charge is -2.48. The van der Waals surface area contributed by atoms with Crippen LogP contribution in [0.25, 0.3) is 0 Å². The van der Waals surface area contributed by atoms with E-state index in [9.17, 15) is 51.3 Å². The molecule has 8 atom stereocenters. The molecule has 8 heterocycles. The van der Waals surface area contributed by atoms with Gasteiger partial charge in [-0.25, -0.2) is 17.6 Å². The quantitative estimate of drug-likeness (QED) is 0.0346. The molecule has 16 rings (SSSR count). The van der Waals surface area contributed by atoms with Crippen LogP contribution in [0.2, 0.25) is 25.1 Å². The molecule has 0 saturated carbocycles. The van der Waals surface area contributed by atoms with Crippen molar-refractivity contribution in [2.75, 3.05) is 131 Å². The number of rotatable bonds is 31. The van der Waals surface area contributed by atoms with Crippen molar-refractivity contribution < 1.29 is 65.0 Å². The molecule has 0 radical (unpaired) electrons. The summed E-state index contributed by atoms with van der Waals surface area (Å²) >= 11 is 32.5. The van der Waals surface area contributed by atoms with E-state index in [0.717, 1.165) is 145 Å². The highest BCUT2D eigenvalue weighted by Crippen LogP contribution is 2.45. The van der Waals surface area contributed by atoms with Crippen LogP contribution in [0.15, 0.2) is 243 Å². The van der Waals surface area contributed by atoms with E-state index in [0.29, 0.717) is 126 Å². The van der Waals surface area contributed by atoms with Gasteiger partial charge in [0.15, 0.2) is 0 Å². The van der Waals surface area contributed by atoms with Crippen molar-refractivity contribution in [3.63, 3.8) is 0 Å². The summed E-state index contributed by atoms with van der Waals surface area (Å²) < 4.78 is 116. The topological polar surface area (TPSA) is 199 Å². The molecule has 0 unspecified atom stereocenters. The van der Waals surface area contributed by atoms with Crippen molar-refractivity contribution in [2.45, 2.75) is 148 Å². The number of pyridine rings is 4. The van der Waals surface area contributed by atoms with Crippen LogP contribution >= 0.6 is 58.0 Å². The number of hydrogen-bond donors (Lipinski definition) is 3. The number of benzene rings is 8. The molecule has 0 spiro atoms. The Kier molecular flexibility index (Phi) is 38.2. The summed E-state index contributed by atoms with van der Waals surface area (Å²) in [7, 11) is 0. The number of aliphatic hydroxyl groups excluding tert-OH is 1. The number of aromatic nitrogens is 4. The van der Waals surface area contributed by atoms with E-state index in [4.69, 9.17) is 77.0 Å². The molecule has 32 heteroatoms. The SMILES string of the molecule is CCCOc1ccc(N2CCN(C[C@@](C)(O)c3ccc(C(F)(F)F)cn3)C[C@H]2c2ccc(F)cc2)c(Cl)c1.CCCOc1ccc(N2CCN(Cc3ccc(F)cn3)C[C@H]2c2ccc(Cl)cc2)c(C#N)c1.CCCOc1ccc(N2CCN([C@H](C)c3ccc(F)cn3)C[C@H]2c2ccc(F)cc2)c(Cl)c1.CCCOc1ccc(N2C[C@@H](C)N(C[C@@](C)(O)c3ccc(CO)nc3)C[C@H]2c2ccc(Cl)cc2)c(Cl)c1. The molecule has 141 heavy (non-hydrogen) atoms. The lowest BCUT2D eigenvalue weighted by Crippen LogP contribution is -2.56. The van der Waals surface area contributed by atoms with Crippen molar-refractivity contribution in [3.05, 3.63) is 353 Å². The maximum Gasteiger partial charge on any atom is 0.417 e. The van der Waals surface area contributed by atoms with Gasteiger partial charge in [-0.15, -0.1) is 0 Å². The van der Waals surface area contributed by atoms with Crippen molar-refractivity contribution in [2.24, 2.45) is 0 Å². The fourth-order valence-electron chi connectivity index (χ4n) is 17.9. The number of anilines is 4. The minimum atomic E-state index is -4.50. The van der Waals surface area contributed by atoms with Crippen LogP contribution < -0.4 is 38.5 Å². The van der Waals surface area contributed by atoms with Crippen molar-refractivity contribution in [3.8, 4) is 29.1 Å². The van der Waals surface area contributed by atoms with Gasteiger partial charge in [-0.1, -0.05) is 140 Å². The monoisotopic (exact) mass is 2030 g/mol. The smallest absolute Gasteiger partial charge is 0.417 e. The standard InChI is InChI=1S/C29H35Cl2N3O3.C28H30ClF4N3O2.C26H28ClF2N3O.C26H26ClFN4O/c1-4-13-37-25-11-12-27(26(31)14-25)34-16-20(2)33(17-28(34)21-5-8-23(30)9-6-21)19-29(3,36)22-7-10-24(18-35)32-15-22;1-3-14-38-22-9-10-24(23(29)15-22)36-13-12-35(17-25(36)19-4-7-21(30)8-5-19)18-27(2,37)26-11-6-20(16-34-26)28(31,32)33;1-3-14-33-22-9-11-25(23(27)15-22)32-13-12-31(18(2)24-10-8-21(29)16-30-24)17-26(32)19-4-6-20(28)7-5-19;1-2-13-33-24-9-10-25(20(14-24)15-29)32-12-11-31(17-23-8-7-22(28)16-30-23)18-26(32)19-3-5-21(27)6-4-19/h5-12,14-15,20,28,35-36H,4,13,16-19H2,1-3H3;4-11,15-16,25,37H,3,12-14,17-18H2,1-2H3;4-11,15-16,18,26H,3,12-14,17H2,1-2H3;3-10,14,16,26H,2,11-13,17-18H2,1H3/t20-,28+,29-;25-,27+;18-,26+;26-/m1010/s1. The summed E-state index contributed by atoms with van der Waals surface area (Å²) in [6, 6.07) is 65.9. The first-order chi connectivity index (χ1) is 67.7. The zero-order valence-corrected chi connectivity index (χ0v) is 83.9. The highest BCUT2D eigenvalue weighted by atomic mass is 35.5. The van der Waals surface area contributed by atoms with Gasteiger partial charge in [0.1, 0.15) is 63.5 Å². The maximum atomic E-state index is 13.7. The number of hydrogen-bond acceptors (Lipinski definition) is 20. The third-order valence-electron chi connectivity index (χ3n) is 25.4. The van der Waals surface area contributed by atoms with Gasteiger partial charge in [-0.3, -0.25) is 39.5 Å². The van der Waals surface area contributed by atoms with E-state index in [-0.39, 0.29) is 78.4 Å². The molecule has 0 bridgehead atoms. The number of β-amino-alcohol motifs (C(OH)–C–C–N with tert-alkyl or cyclic N) is 2. The Labute approximate surface area is 846 Å². The van der Waals surface area contributed by atoms with Crippen molar-refractivity contribution >= 4 is 80.8 Å². The fraction of sp³-hybridized carbons (Fsp3) is 0.367. The van der Waals surface area contributed by atoms with E-state index in [1.807, 2.05) is 140 Å². The zero-order valence-electron chi connectivity index (χ0n) is 80.1. The van der Waals surface area contributed by atoms with Gasteiger partial charge in [-0.2, -0.15) is 18.4 Å². The van der Waals surface area contributed by atoms with Crippen LogP contribution in [0.1, 0.15) is 173 Å². The molecular weight excluding hydrogens is 1910 g/mol. The lowest BCUT2D eigenvalue weighted by atomic mass is 9.93. The van der Waals surface area contributed by atoms with Gasteiger partial charge in [0.05, 0.1) is 141 Å². The molecule has 4 aliphatic heterocycles. The predicted octanol–water partition coefficient (Wildman–Crippen LogP) is 24.3. The van der Waals surface area contributed by atoms with Gasteiger partial charge in [0.2, 0.25) is 0 Å². The molecule has 4 aliphatic rings. The van der Waals surface area contributed by atoms with Crippen LogP contribution in [0, 0.1) is 34.6 Å². The minimum absolute atomic E-state index is 0.000864. The van der Waals surface area contributed by atoms with Gasteiger partial charge in [-0.05, 0) is 221 Å². The number of halogens is 12. The number of nitriles is 1. The van der Waals surface area contributed by atoms with Gasteiger partial charge < -0.3 is 53.9 Å². The summed E-state index contributed by atoms with van der Waals surface area (Å²) in [5, 5.41) is 44.9. The first kappa shape index (κ1) is 107. The van der Waals surface area contributed by atoms with E-state index in [1.54, 1.807) is 42.6 Å². The summed E-state index contributed by atoms with van der Waals surface area (Å²) in [6.07, 6.45) is 4.03. The molecule has 4 fully saturated rings. The first-order valence-corrected chi connectivity index (χ1v) is 49.3. The first-order valence-electron chi connectivity index (χ1n) is 47.4. The molecule has 12 aromatic rings. The van der Waals surface area contributed by atoms with Gasteiger partial charge in [0, 0.05) is 150 Å². The Balaban J connectivity index is 0.000000158. The van der Waals surface area contributed by atoms with Crippen molar-refractivity contribution in [1.82, 2.24) is 39.5 Å². The minimum Gasteiger partial charge on any atom is -0.494 e. The van der Waals surface area contributed by atoms with E-state index in [2.05, 4.69) is 107 Å². The summed E-state index contributed by atoms with van der Waals surface area (Å²) in [5.41, 5.74) is 7.88. The highest BCUT2D eigenvalue weighted by molar-refractivity contribution is 6.34. The molecule has 746 valence electrons. The molecule has 4 aromatic heterocycles. The van der Waals surface area contributed by atoms with Crippen LogP contribution in [-0.4, -0.2) is 172 Å². The molecule has 0 amide bonds. The number of ether oxygens (including phenoxy) is 4. The van der Waals surface area contributed by atoms with E-state index in [1.165, 1.54) is 61.8 Å². The van der Waals surface area contributed by atoms with Gasteiger partial charge >= 0.3 is 6.18 Å². The molecule has 8 aromatic carbocycles. The average Bonchev–Trinajstić information content (AvgIpc) is 0.786. The normalized spacial score (nSPS) is 18.2. The Morgan fingerprint density at radius 3 is 1.27 bits per heavy atom. The Morgan fingerprint density at radius 1 is 0.418 bits per heavy atom. The number of piperazine rings is 4. The average molecular weight is 2030 g/mol. The summed E-state index contributed by atoms with van der Waals surface area (Å²) in [6.45, 7) is 26.8. The Morgan fingerprint density at radius 2 is 0.830 bits per heavy atom. The van der Waals surface area contributed by atoms with Crippen LogP contribution in [0.3, 0.4) is 0 Å². The second-order valence-electron chi connectivity index (χ2n) is 36.0. The summed E-state index contributed by atoms with van der Waals surface area (Å²) in [5.74, 6) is 1.61. The number of aliphatic hydroxyl groups is 3. The molecule has 3 N–H and O–H groups in total. The Hall–Kier alpha value is -11.1. The molecule has 0 aliphatic carbocycles. The van der Waals surface area contributed by atoms with Crippen LogP contribution in [0.4, 0.5) is 53.5 Å². The van der Waals surface area contributed by atoms with Gasteiger partial charge in [0.25, 0.3) is 0 Å². The fourth-order valence-corrected chi connectivity index (χ4v) is 19.0. The molecular formula is C109H119Cl5F7N13O7. The molecule has 20 nitrogen and oxygen atoms in total. The predicted molar refractivity (Wildman–Crippen MR) is 544 cm³/mol. The second-order valence-corrected chi connectivity index (χ2v) is 38.1. The third-order valence-corrected chi connectivity index (χ3v) is 26.8. The van der Waals surface area contributed by atoms with Crippen LogP contribution in [-0.2, 0) is 30.5 Å². The largest absolute Gasteiger partial charge is 0.494 e. The zero-order chi connectivity index (χ0) is 101. The number of nitrogens with zero attached hydrogens (tertiary/aromatic N) is 13. The Bertz CT molecular complexity index is 5990. The third kappa shape index (κ3) is 28.9. The second kappa shape index (κ2) is 50.2. The maximum absolute atomic E-state index is 13.7. The van der Waals surface area contributed by atoms with Crippen LogP contribution in [0.5, 0.6) is 23.0 Å². The molecule has 4 saturated heterocycles. The van der Waals surface area contributed by atoms with E-state index < -0.39 is 22.9 Å².